The van der Waals surface area contributed by atoms with E-state index < -0.39 is 0 Å². The van der Waals surface area contributed by atoms with Gasteiger partial charge in [-0.05, 0) is 37.0 Å². The van der Waals surface area contributed by atoms with Crippen LogP contribution in [0.15, 0.2) is 24.3 Å². The maximum atomic E-state index is 13.0. The number of hydrogen-bond donors (Lipinski definition) is 1. The SMILES string of the molecule is CC1NC(c2ccc(F)cc2)N(C2CC2C)C1=O. The number of amides is 1. The van der Waals surface area contributed by atoms with Crippen molar-refractivity contribution in [2.45, 2.75) is 38.5 Å². The lowest BCUT2D eigenvalue weighted by Crippen LogP contribution is -2.33. The van der Waals surface area contributed by atoms with Crippen LogP contribution in [-0.4, -0.2) is 22.9 Å². The fourth-order valence-corrected chi connectivity index (χ4v) is 2.69. The van der Waals surface area contributed by atoms with Crippen molar-refractivity contribution in [3.63, 3.8) is 0 Å². The van der Waals surface area contributed by atoms with Gasteiger partial charge in [0.15, 0.2) is 0 Å². The highest BCUT2D eigenvalue weighted by Crippen LogP contribution is 2.41. The Labute approximate surface area is 106 Å². The molecule has 0 radical (unpaired) electrons. The molecule has 4 unspecified atom stereocenters. The van der Waals surface area contributed by atoms with Crippen LogP contribution in [-0.2, 0) is 4.79 Å². The van der Waals surface area contributed by atoms with Gasteiger partial charge in [0, 0.05) is 6.04 Å². The molecule has 96 valence electrons. The maximum Gasteiger partial charge on any atom is 0.241 e. The van der Waals surface area contributed by atoms with Gasteiger partial charge in [-0.3, -0.25) is 10.1 Å². The molecule has 1 amide bonds. The number of nitrogens with one attached hydrogen (secondary N) is 1. The zero-order valence-electron chi connectivity index (χ0n) is 10.6. The molecule has 18 heavy (non-hydrogen) atoms. The van der Waals surface area contributed by atoms with E-state index in [0.717, 1.165) is 12.0 Å². The van der Waals surface area contributed by atoms with Crippen molar-refractivity contribution in [3.8, 4) is 0 Å². The van der Waals surface area contributed by atoms with Gasteiger partial charge in [-0.1, -0.05) is 19.1 Å². The minimum Gasteiger partial charge on any atom is -0.318 e. The molecule has 3 nitrogen and oxygen atoms in total. The fourth-order valence-electron chi connectivity index (χ4n) is 2.69. The fraction of sp³-hybridized carbons (Fsp3) is 0.500. The molecule has 1 N–H and O–H groups in total. The van der Waals surface area contributed by atoms with Crippen molar-refractivity contribution < 1.29 is 9.18 Å². The van der Waals surface area contributed by atoms with E-state index in [-0.39, 0.29) is 23.9 Å². The van der Waals surface area contributed by atoms with Crippen LogP contribution in [0.25, 0.3) is 0 Å². The van der Waals surface area contributed by atoms with E-state index in [1.54, 1.807) is 12.1 Å². The Balaban J connectivity index is 1.90. The Morgan fingerprint density at radius 2 is 1.89 bits per heavy atom. The molecule has 1 aromatic carbocycles. The van der Waals surface area contributed by atoms with Crippen molar-refractivity contribution in [3.05, 3.63) is 35.6 Å². The second-order valence-corrected chi connectivity index (χ2v) is 5.37. The van der Waals surface area contributed by atoms with Crippen molar-refractivity contribution in [2.24, 2.45) is 5.92 Å². The van der Waals surface area contributed by atoms with Crippen molar-refractivity contribution in [1.82, 2.24) is 10.2 Å². The normalized spacial score (nSPS) is 35.1. The van der Waals surface area contributed by atoms with Gasteiger partial charge >= 0.3 is 0 Å². The molecule has 2 aliphatic rings. The third kappa shape index (κ3) is 1.81. The van der Waals surface area contributed by atoms with Gasteiger partial charge in [-0.15, -0.1) is 0 Å². The summed E-state index contributed by atoms with van der Waals surface area (Å²) in [6.45, 7) is 4.04. The summed E-state index contributed by atoms with van der Waals surface area (Å²) >= 11 is 0. The molecule has 1 heterocycles. The molecule has 0 aromatic heterocycles. The highest BCUT2D eigenvalue weighted by molar-refractivity contribution is 5.84. The third-order valence-electron chi connectivity index (χ3n) is 3.92. The van der Waals surface area contributed by atoms with Crippen molar-refractivity contribution in [1.29, 1.82) is 0 Å². The summed E-state index contributed by atoms with van der Waals surface area (Å²) in [7, 11) is 0. The zero-order chi connectivity index (χ0) is 12.9. The first-order valence-corrected chi connectivity index (χ1v) is 6.41. The topological polar surface area (TPSA) is 32.3 Å². The molecular weight excluding hydrogens is 231 g/mol. The zero-order valence-corrected chi connectivity index (χ0v) is 10.6. The molecule has 1 aliphatic heterocycles. The molecule has 0 spiro atoms. The van der Waals surface area contributed by atoms with Gasteiger partial charge in [0.1, 0.15) is 12.0 Å². The smallest absolute Gasteiger partial charge is 0.241 e. The van der Waals surface area contributed by atoms with E-state index >= 15 is 0 Å². The summed E-state index contributed by atoms with van der Waals surface area (Å²) in [5.74, 6) is 0.477. The number of benzene rings is 1. The van der Waals surface area contributed by atoms with E-state index in [9.17, 15) is 9.18 Å². The summed E-state index contributed by atoms with van der Waals surface area (Å²) in [4.78, 5) is 14.1. The lowest BCUT2D eigenvalue weighted by molar-refractivity contribution is -0.130. The number of hydrogen-bond acceptors (Lipinski definition) is 2. The Kier molecular flexibility index (Phi) is 2.63. The highest BCUT2D eigenvalue weighted by Gasteiger charge is 2.49. The van der Waals surface area contributed by atoms with Crippen LogP contribution in [0, 0.1) is 11.7 Å². The summed E-state index contributed by atoms with van der Waals surface area (Å²) in [6, 6.07) is 6.56. The first-order chi connectivity index (χ1) is 8.58. The number of nitrogens with zero attached hydrogens (tertiary/aromatic N) is 1. The molecule has 4 heteroatoms. The molecule has 2 fully saturated rings. The Bertz CT molecular complexity index is 473. The average Bonchev–Trinajstić information content (AvgIpc) is 2.98. The first-order valence-electron chi connectivity index (χ1n) is 6.41. The molecule has 1 saturated carbocycles. The first kappa shape index (κ1) is 11.7. The number of carbonyl (C=O) groups excluding carboxylic acids is 1. The van der Waals surface area contributed by atoms with E-state index in [0.29, 0.717) is 12.0 Å². The molecule has 1 saturated heterocycles. The van der Waals surface area contributed by atoms with E-state index in [2.05, 4.69) is 12.2 Å². The Hall–Kier alpha value is -1.42. The van der Waals surface area contributed by atoms with Crippen molar-refractivity contribution >= 4 is 5.91 Å². The van der Waals surface area contributed by atoms with Gasteiger partial charge in [0.2, 0.25) is 5.91 Å². The van der Waals surface area contributed by atoms with E-state index in [1.165, 1.54) is 12.1 Å². The molecule has 4 atom stereocenters. The number of halogens is 1. The van der Waals surface area contributed by atoms with Gasteiger partial charge in [0.05, 0.1) is 6.04 Å². The van der Waals surface area contributed by atoms with Crippen LogP contribution in [0.3, 0.4) is 0 Å². The van der Waals surface area contributed by atoms with Gasteiger partial charge in [-0.25, -0.2) is 4.39 Å². The second kappa shape index (κ2) is 4.05. The molecule has 3 rings (SSSR count). The van der Waals surface area contributed by atoms with Crippen LogP contribution in [0.4, 0.5) is 4.39 Å². The standard InChI is InChI=1S/C14H17FN2O/c1-8-7-12(8)17-13(16-9(2)14(17)18)10-3-5-11(15)6-4-10/h3-6,8-9,12-13,16H,7H2,1-2H3. The lowest BCUT2D eigenvalue weighted by Gasteiger charge is -2.24. The van der Waals surface area contributed by atoms with Crippen LogP contribution in [0.5, 0.6) is 0 Å². The monoisotopic (exact) mass is 248 g/mol. The highest BCUT2D eigenvalue weighted by atomic mass is 19.1. The summed E-state index contributed by atoms with van der Waals surface area (Å²) in [5, 5.41) is 3.29. The third-order valence-corrected chi connectivity index (χ3v) is 3.92. The minimum atomic E-state index is -0.248. The van der Waals surface area contributed by atoms with Crippen LogP contribution >= 0.6 is 0 Å². The van der Waals surface area contributed by atoms with Crippen molar-refractivity contribution in [2.75, 3.05) is 0 Å². The van der Waals surface area contributed by atoms with Crippen LogP contribution < -0.4 is 5.32 Å². The number of rotatable bonds is 2. The second-order valence-electron chi connectivity index (χ2n) is 5.37. The van der Waals surface area contributed by atoms with Crippen LogP contribution in [0.2, 0.25) is 0 Å². The van der Waals surface area contributed by atoms with Gasteiger partial charge in [-0.2, -0.15) is 0 Å². The average molecular weight is 248 g/mol. The van der Waals surface area contributed by atoms with E-state index in [4.69, 9.17) is 0 Å². The Morgan fingerprint density at radius 1 is 1.28 bits per heavy atom. The predicted octanol–water partition coefficient (Wildman–Crippen LogP) is 2.05. The van der Waals surface area contributed by atoms with E-state index in [1.807, 2.05) is 11.8 Å². The molecule has 1 aliphatic carbocycles. The summed E-state index contributed by atoms with van der Waals surface area (Å²) in [6.07, 6.45) is 0.959. The largest absolute Gasteiger partial charge is 0.318 e. The maximum absolute atomic E-state index is 13.0. The number of carbonyl (C=O) groups is 1. The Morgan fingerprint density at radius 3 is 2.44 bits per heavy atom. The molecular formula is C14H17FN2O. The molecule has 0 bridgehead atoms. The lowest BCUT2D eigenvalue weighted by atomic mass is 10.1. The summed E-state index contributed by atoms with van der Waals surface area (Å²) < 4.78 is 13.0. The predicted molar refractivity (Wildman–Crippen MR) is 66.2 cm³/mol. The van der Waals surface area contributed by atoms with Gasteiger partial charge in [0.25, 0.3) is 0 Å². The van der Waals surface area contributed by atoms with Gasteiger partial charge < -0.3 is 4.90 Å². The van der Waals surface area contributed by atoms with Crippen LogP contribution in [0.1, 0.15) is 32.0 Å². The minimum absolute atomic E-state index is 0.108. The summed E-state index contributed by atoms with van der Waals surface area (Å²) in [5.41, 5.74) is 0.952. The quantitative estimate of drug-likeness (QED) is 0.868. The molecule has 1 aromatic rings.